The largest absolute Gasteiger partial charge is 0.465 e. The summed E-state index contributed by atoms with van der Waals surface area (Å²) in [5.41, 5.74) is 6.67. The molecule has 3 aromatic carbocycles. The Bertz CT molecular complexity index is 1050. The van der Waals surface area contributed by atoms with Gasteiger partial charge in [-0.3, -0.25) is 0 Å². The lowest BCUT2D eigenvalue weighted by molar-refractivity contribution is 0.0600. The highest BCUT2D eigenvalue weighted by atomic mass is 35.5. The normalized spacial score (nSPS) is 10.1. The molecule has 0 bridgehead atoms. The molecule has 0 unspecified atom stereocenters. The van der Waals surface area contributed by atoms with E-state index in [0.717, 1.165) is 6.07 Å². The van der Waals surface area contributed by atoms with E-state index in [1.165, 1.54) is 55.6 Å². The molecule has 158 valence electrons. The van der Waals surface area contributed by atoms with E-state index in [9.17, 15) is 18.0 Å². The van der Waals surface area contributed by atoms with Crippen LogP contribution in [0.1, 0.15) is 15.9 Å². The molecule has 30 heavy (non-hydrogen) atoms. The molecule has 9 heteroatoms. The van der Waals surface area contributed by atoms with Crippen LogP contribution in [0.3, 0.4) is 0 Å². The predicted octanol–water partition coefficient (Wildman–Crippen LogP) is 6.08. The molecule has 0 aliphatic heterocycles. The lowest BCUT2D eigenvalue weighted by Crippen LogP contribution is -2.06. The minimum Gasteiger partial charge on any atom is -0.465 e. The summed E-state index contributed by atoms with van der Waals surface area (Å²) in [6, 6.07) is 11.8. The van der Waals surface area contributed by atoms with Gasteiger partial charge < -0.3 is 15.8 Å². The van der Waals surface area contributed by atoms with Crippen molar-refractivity contribution in [2.45, 2.75) is 6.54 Å². The number of hydrogen-bond donors (Lipinski definition) is 2. The summed E-state index contributed by atoms with van der Waals surface area (Å²) in [5, 5.41) is 3.37. The van der Waals surface area contributed by atoms with Gasteiger partial charge in [0.05, 0.1) is 34.1 Å². The molecular weight excluding hydrogens is 440 g/mol. The molecule has 3 N–H and O–H groups in total. The fourth-order valence-corrected chi connectivity index (χ4v) is 2.66. The number of nitrogens with one attached hydrogen (secondary N) is 1. The van der Waals surface area contributed by atoms with Crippen molar-refractivity contribution in [1.29, 1.82) is 0 Å². The molecule has 0 amide bonds. The molecule has 0 saturated heterocycles. The number of esters is 1. The summed E-state index contributed by atoms with van der Waals surface area (Å²) in [5.74, 6) is -1.95. The van der Waals surface area contributed by atoms with Crippen molar-refractivity contribution in [3.05, 3.63) is 93.2 Å². The molecule has 0 heterocycles. The Morgan fingerprint density at radius 2 is 1.60 bits per heavy atom. The van der Waals surface area contributed by atoms with Crippen molar-refractivity contribution in [2.24, 2.45) is 0 Å². The average molecular weight is 457 g/mol. The second kappa shape index (κ2) is 10.8. The van der Waals surface area contributed by atoms with Crippen LogP contribution in [0.4, 0.5) is 24.5 Å². The maximum atomic E-state index is 13.9. The van der Waals surface area contributed by atoms with Crippen molar-refractivity contribution in [3.8, 4) is 0 Å². The minimum atomic E-state index is -0.602. The lowest BCUT2D eigenvalue weighted by atomic mass is 10.1. The van der Waals surface area contributed by atoms with Gasteiger partial charge in [-0.05, 0) is 48.5 Å². The smallest absolute Gasteiger partial charge is 0.337 e. The fourth-order valence-electron chi connectivity index (χ4n) is 2.26. The Labute approximate surface area is 181 Å². The Balaban J connectivity index is 0.000000297. The molecule has 0 fully saturated rings. The van der Waals surface area contributed by atoms with E-state index in [1.807, 2.05) is 0 Å². The molecule has 4 nitrogen and oxygen atoms in total. The van der Waals surface area contributed by atoms with Crippen LogP contribution in [-0.4, -0.2) is 13.1 Å². The fraction of sp³-hybridized carbons (Fsp3) is 0.0952. The van der Waals surface area contributed by atoms with Gasteiger partial charge in [-0.2, -0.15) is 0 Å². The molecule has 0 saturated carbocycles. The monoisotopic (exact) mass is 456 g/mol. The van der Waals surface area contributed by atoms with E-state index in [0.29, 0.717) is 16.9 Å². The summed E-state index contributed by atoms with van der Waals surface area (Å²) in [6.07, 6.45) is 0. The van der Waals surface area contributed by atoms with Gasteiger partial charge in [0.15, 0.2) is 0 Å². The number of benzene rings is 3. The van der Waals surface area contributed by atoms with Crippen LogP contribution in [0.5, 0.6) is 0 Å². The molecule has 0 aromatic heterocycles. The maximum Gasteiger partial charge on any atom is 0.337 e. The van der Waals surface area contributed by atoms with Gasteiger partial charge in [0.1, 0.15) is 17.5 Å². The average Bonchev–Trinajstić information content (AvgIpc) is 2.71. The Morgan fingerprint density at radius 3 is 2.13 bits per heavy atom. The van der Waals surface area contributed by atoms with E-state index in [1.54, 1.807) is 0 Å². The Morgan fingerprint density at radius 1 is 0.967 bits per heavy atom. The number of nitrogens with two attached hydrogens (primary N) is 1. The third-order valence-corrected chi connectivity index (χ3v) is 4.48. The molecule has 0 radical (unpaired) electrons. The zero-order valence-electron chi connectivity index (χ0n) is 15.7. The van der Waals surface area contributed by atoms with Crippen molar-refractivity contribution in [2.75, 3.05) is 18.2 Å². The van der Waals surface area contributed by atoms with Crippen molar-refractivity contribution >= 4 is 40.5 Å². The van der Waals surface area contributed by atoms with Crippen LogP contribution in [0.15, 0.2) is 54.6 Å². The van der Waals surface area contributed by atoms with Gasteiger partial charge in [-0.15, -0.1) is 0 Å². The number of nitrogen functional groups attached to an aromatic ring is 1. The van der Waals surface area contributed by atoms with Gasteiger partial charge in [0.2, 0.25) is 0 Å². The summed E-state index contributed by atoms with van der Waals surface area (Å²) in [7, 11) is 1.23. The summed E-state index contributed by atoms with van der Waals surface area (Å²) in [4.78, 5) is 11.3. The lowest BCUT2D eigenvalue weighted by Gasteiger charge is -2.10. The van der Waals surface area contributed by atoms with E-state index in [2.05, 4.69) is 10.1 Å². The van der Waals surface area contributed by atoms with Gasteiger partial charge in [-0.1, -0.05) is 29.3 Å². The molecule has 0 atom stereocenters. The number of carbonyl (C=O) groups is 1. The summed E-state index contributed by atoms with van der Waals surface area (Å²) < 4.78 is 43.5. The zero-order valence-corrected chi connectivity index (χ0v) is 17.2. The topological polar surface area (TPSA) is 64.3 Å². The van der Waals surface area contributed by atoms with Crippen LogP contribution in [0.2, 0.25) is 10.0 Å². The second-order valence-electron chi connectivity index (χ2n) is 5.94. The SMILES string of the molecule is COC(=O)c1ccc(CNc2ccc(F)cc2Cl)c(F)c1.Nc1ccc(F)cc1Cl. The standard InChI is InChI=1S/C15H12ClF2NO2.C6H5ClFN/c1-21-15(20)9-2-3-10(13(18)6-9)8-19-14-5-4-11(17)7-12(14)16;7-5-3-4(8)1-2-6(5)9/h2-7,19H,8H2,1H3;1-3H,9H2. The van der Waals surface area contributed by atoms with Gasteiger partial charge in [0.25, 0.3) is 0 Å². The van der Waals surface area contributed by atoms with Crippen LogP contribution >= 0.6 is 23.2 Å². The van der Waals surface area contributed by atoms with Gasteiger partial charge in [-0.25, -0.2) is 18.0 Å². The van der Waals surface area contributed by atoms with Gasteiger partial charge >= 0.3 is 5.97 Å². The minimum absolute atomic E-state index is 0.138. The van der Waals surface area contributed by atoms with Crippen LogP contribution in [-0.2, 0) is 11.3 Å². The first kappa shape index (κ1) is 23.4. The summed E-state index contributed by atoms with van der Waals surface area (Å²) in [6.45, 7) is 0.151. The number of halogens is 5. The molecule has 0 aliphatic carbocycles. The third kappa shape index (κ3) is 6.57. The van der Waals surface area contributed by atoms with Crippen molar-refractivity contribution < 1.29 is 22.7 Å². The van der Waals surface area contributed by atoms with E-state index < -0.39 is 17.6 Å². The first-order valence-electron chi connectivity index (χ1n) is 8.47. The highest BCUT2D eigenvalue weighted by molar-refractivity contribution is 6.33. The number of ether oxygens (including phenoxy) is 1. The van der Waals surface area contributed by atoms with Crippen LogP contribution in [0.25, 0.3) is 0 Å². The third-order valence-electron chi connectivity index (χ3n) is 3.84. The highest BCUT2D eigenvalue weighted by Crippen LogP contribution is 2.23. The zero-order chi connectivity index (χ0) is 22.3. The van der Waals surface area contributed by atoms with E-state index in [-0.39, 0.29) is 28.0 Å². The number of methoxy groups -OCH3 is 1. The molecule has 0 aliphatic rings. The number of hydrogen-bond acceptors (Lipinski definition) is 4. The van der Waals surface area contributed by atoms with Crippen molar-refractivity contribution in [1.82, 2.24) is 0 Å². The second-order valence-corrected chi connectivity index (χ2v) is 6.76. The predicted molar refractivity (Wildman–Crippen MR) is 112 cm³/mol. The Hall–Kier alpha value is -2.90. The van der Waals surface area contributed by atoms with Gasteiger partial charge in [0, 0.05) is 12.1 Å². The Kier molecular flexibility index (Phi) is 8.38. The summed E-state index contributed by atoms with van der Waals surface area (Å²) >= 11 is 11.3. The number of anilines is 2. The quantitative estimate of drug-likeness (QED) is 0.368. The van der Waals surface area contributed by atoms with Crippen LogP contribution in [0, 0.1) is 17.5 Å². The van der Waals surface area contributed by atoms with E-state index in [4.69, 9.17) is 28.9 Å². The van der Waals surface area contributed by atoms with Crippen molar-refractivity contribution in [3.63, 3.8) is 0 Å². The number of carbonyl (C=O) groups excluding carboxylic acids is 1. The first-order valence-corrected chi connectivity index (χ1v) is 9.23. The number of rotatable bonds is 4. The maximum absolute atomic E-state index is 13.9. The molecule has 3 rings (SSSR count). The van der Waals surface area contributed by atoms with Crippen LogP contribution < -0.4 is 11.1 Å². The molecular formula is C21H17Cl2F3N2O2. The molecule has 0 spiro atoms. The first-order chi connectivity index (χ1) is 14.2. The van der Waals surface area contributed by atoms with E-state index >= 15 is 0 Å². The highest BCUT2D eigenvalue weighted by Gasteiger charge is 2.10. The molecule has 3 aromatic rings.